The monoisotopic (exact) mass is 1890 g/mol. The van der Waals surface area contributed by atoms with Gasteiger partial charge in [0, 0.05) is 85.4 Å². The number of ether oxygens (including phenoxy) is 12. The number of likely N-dealkylation sites (tertiary alicyclic amines) is 1. The first kappa shape index (κ1) is 104. The Labute approximate surface area is 780 Å². The molecule has 40 nitrogen and oxygen atoms in total. The summed E-state index contributed by atoms with van der Waals surface area (Å²) in [5.41, 5.74) is 8.91. The Balaban J connectivity index is 0.520. The fraction of sp³-hybridized carbons (Fsp3) is 0.624. The number of nitrogens with zero attached hydrogens (tertiary/aromatic N) is 5. The van der Waals surface area contributed by atoms with Crippen LogP contribution in [0.25, 0.3) is 22.5 Å². The molecule has 4 aromatic rings. The summed E-state index contributed by atoms with van der Waals surface area (Å²) in [4.78, 5) is 149. The van der Waals surface area contributed by atoms with E-state index in [1.54, 1.807) is 59.8 Å². The SMILES string of the molecule is CCCC1O[C@@H]2C[C@H]3[C@@H]4CCC5=CC(=O)C=C[C@]5(C)[C@H]4[C@@H](O)C[C@]3(C)[C@]2(C(=O)COCN2CCCC(NC(=O)OCc3ccc(NC(=O)[C@H](CCCNC(N)=O)NC(=O)[C@@H](NC(=O)CCOCCOCCOCCOCCNC(=O)CCC(=O)N4Cc5ccccc5-c5nnn(CCOCCOCCOCCOCCC(=O)NCCS(=O)(=O)O)c5-c5ccccc54)C(C)C)cc3)C2=O)O1. The van der Waals surface area contributed by atoms with E-state index in [1.165, 1.54) is 4.90 Å². The number of rotatable bonds is 56. The standard InChI is InChI=1S/C93H131N13O27S/c1-6-13-81-132-76-55-70-68-25-22-64-54-66(107)28-31-91(64,4)82(68)74(108)56-92(70,5)93(76,133-81)75(109)59-130-60-104-35-12-18-72(88(104)116)100-90(118)131-58-62-20-23-65(24-21-62)98-86(114)71(17-11-32-97-89(94)117)99-87(115)83(61(2)3)101-79(112)30-38-123-42-46-127-49-51-128-47-43-124-39-33-95-77(110)26-27-80(113)105-57-63-14-7-8-15-67(63)84-85(69-16-9-10-19-73(69)105)106(103-102-84)36-40-125-44-48-129-52-50-126-45-41-122-37-29-78(111)96-34-53-134(119,120)121/h7-10,14-16,19-21,23-24,28,31,54,61,68,70-72,74,76,81-83,108H,6,11-13,17-18,22,25-27,29-30,32-53,55-60H2,1-5H3,(H,95,110)(H,96,111)(H,98,114)(H,99,115)(H,100,118)(H,101,112)(H3,94,97,117)(H,119,120,121)/t68-,70-,71-,72?,74-,76+,81?,82+,83-,91-,92-,93+/m0/s1. The average Bonchev–Trinajstić information content (AvgIpc) is 1.50. The number of aromatic nitrogens is 3. The Morgan fingerprint density at radius 1 is 0.701 bits per heavy atom. The second-order valence-electron chi connectivity index (χ2n) is 35.1. The molecule has 2 saturated heterocycles. The number of ketones is 2. The van der Waals surface area contributed by atoms with Gasteiger partial charge in [0.25, 0.3) is 10.1 Å². The number of amides is 10. The van der Waals surface area contributed by atoms with Gasteiger partial charge in [-0.05, 0) is 117 Å². The largest absolute Gasteiger partial charge is 0.445 e. The Morgan fingerprint density at radius 2 is 1.34 bits per heavy atom. The normalized spacial score (nSPS) is 22.6. The van der Waals surface area contributed by atoms with Crippen molar-refractivity contribution in [2.75, 3.05) is 161 Å². The number of aliphatic hydroxyl groups excluding tert-OH is 1. The number of fused-ring (bicyclic) bond motifs is 12. The summed E-state index contributed by atoms with van der Waals surface area (Å²) in [5.74, 6) is -4.53. The molecule has 736 valence electrons. The summed E-state index contributed by atoms with van der Waals surface area (Å²) < 4.78 is 102. The molecule has 134 heavy (non-hydrogen) atoms. The molecule has 10 amide bonds. The molecule has 0 radical (unpaired) electrons. The number of hydrogen-bond donors (Lipinski definition) is 10. The molecule has 4 heterocycles. The average molecular weight is 1900 g/mol. The van der Waals surface area contributed by atoms with Crippen molar-refractivity contribution in [2.24, 2.45) is 40.2 Å². The van der Waals surface area contributed by atoms with E-state index in [2.05, 4.69) is 54.5 Å². The van der Waals surface area contributed by atoms with E-state index in [0.717, 1.165) is 35.1 Å². The van der Waals surface area contributed by atoms with Crippen molar-refractivity contribution >= 4 is 86.5 Å². The van der Waals surface area contributed by atoms with E-state index in [9.17, 15) is 66.3 Å². The first-order chi connectivity index (χ1) is 64.5. The molecule has 7 aliphatic rings. The van der Waals surface area contributed by atoms with E-state index in [-0.39, 0.29) is 205 Å². The van der Waals surface area contributed by atoms with Gasteiger partial charge in [0.15, 0.2) is 23.5 Å². The minimum Gasteiger partial charge on any atom is -0.445 e. The maximum atomic E-state index is 14.9. The van der Waals surface area contributed by atoms with Gasteiger partial charge in [-0.25, -0.2) is 14.3 Å². The molecule has 11 N–H and O–H groups in total. The number of piperidine rings is 1. The Morgan fingerprint density at radius 3 is 2.01 bits per heavy atom. The second-order valence-corrected chi connectivity index (χ2v) is 36.7. The number of alkyl carbamates (subject to hydrolysis) is 1. The van der Waals surface area contributed by atoms with Gasteiger partial charge in [-0.2, -0.15) is 8.42 Å². The number of urea groups is 1. The van der Waals surface area contributed by atoms with Crippen LogP contribution in [-0.4, -0.2) is 296 Å². The lowest BCUT2D eigenvalue weighted by Crippen LogP contribution is -2.63. The van der Waals surface area contributed by atoms with Crippen molar-refractivity contribution in [2.45, 2.75) is 186 Å². The molecule has 3 aliphatic heterocycles. The maximum Gasteiger partial charge on any atom is 0.408 e. The van der Waals surface area contributed by atoms with Gasteiger partial charge in [-0.1, -0.05) is 112 Å². The summed E-state index contributed by atoms with van der Waals surface area (Å²) in [7, 11) is -4.15. The van der Waals surface area contributed by atoms with Gasteiger partial charge in [-0.3, -0.25) is 47.7 Å². The van der Waals surface area contributed by atoms with Gasteiger partial charge in [0.1, 0.15) is 43.8 Å². The molecule has 3 saturated carbocycles. The van der Waals surface area contributed by atoms with Crippen LogP contribution in [0.1, 0.15) is 136 Å². The lowest BCUT2D eigenvalue weighted by molar-refractivity contribution is -0.202. The molecule has 41 heteroatoms. The molecular weight excluding hydrogens is 1760 g/mol. The molecule has 3 aromatic carbocycles. The van der Waals surface area contributed by atoms with Crippen LogP contribution in [-0.2, 0) is 130 Å². The molecule has 12 atom stereocenters. The van der Waals surface area contributed by atoms with Crippen LogP contribution in [0.5, 0.6) is 0 Å². The summed E-state index contributed by atoms with van der Waals surface area (Å²) in [5, 5.41) is 40.0. The van der Waals surface area contributed by atoms with E-state index >= 15 is 0 Å². The zero-order chi connectivity index (χ0) is 95.8. The fourth-order valence-corrected chi connectivity index (χ4v) is 19.3. The van der Waals surface area contributed by atoms with Crippen molar-refractivity contribution in [3.63, 3.8) is 0 Å². The number of nitrogens with two attached hydrogens (primary N) is 1. The highest BCUT2D eigenvalue weighted by atomic mass is 32.2. The Kier molecular flexibility index (Phi) is 39.8. The van der Waals surface area contributed by atoms with E-state index in [0.29, 0.717) is 106 Å². The minimum absolute atomic E-state index is 0.0205. The van der Waals surface area contributed by atoms with Crippen molar-refractivity contribution < 1.29 is 128 Å². The molecule has 11 rings (SSSR count). The van der Waals surface area contributed by atoms with Crippen LogP contribution >= 0.6 is 0 Å². The van der Waals surface area contributed by atoms with E-state index < -0.39 is 117 Å². The molecule has 1 aromatic heterocycles. The summed E-state index contributed by atoms with van der Waals surface area (Å²) in [6, 6.07) is 17.7. The van der Waals surface area contributed by atoms with E-state index in [1.807, 2.05) is 68.5 Å². The number of hydrogen-bond acceptors (Lipinski definition) is 28. The predicted octanol–water partition coefficient (Wildman–Crippen LogP) is 4.91. The maximum absolute atomic E-state index is 14.9. The fourth-order valence-electron chi connectivity index (χ4n) is 19.0. The highest BCUT2D eigenvalue weighted by Gasteiger charge is 2.76. The van der Waals surface area contributed by atoms with Crippen molar-refractivity contribution in [1.29, 1.82) is 0 Å². The number of anilines is 2. The van der Waals surface area contributed by atoms with Gasteiger partial charge in [0.2, 0.25) is 41.4 Å². The summed E-state index contributed by atoms with van der Waals surface area (Å²) >= 11 is 0. The van der Waals surface area contributed by atoms with Gasteiger partial charge < -0.3 is 115 Å². The van der Waals surface area contributed by atoms with Crippen LogP contribution in [0.4, 0.5) is 21.0 Å². The smallest absolute Gasteiger partial charge is 0.408 e. The van der Waals surface area contributed by atoms with Crippen molar-refractivity contribution in [3.05, 3.63) is 108 Å². The molecule has 0 bridgehead atoms. The molecule has 0 spiro atoms. The number of aliphatic hydroxyl groups is 1. The Hall–Kier alpha value is -10.1. The first-order valence-corrected chi connectivity index (χ1v) is 47.9. The lowest BCUT2D eigenvalue weighted by atomic mass is 9.46. The lowest BCUT2D eigenvalue weighted by Gasteiger charge is -2.59. The minimum atomic E-state index is -4.15. The number of Topliss-reactive ketones (excluding diaryl/α,β-unsaturated/α-hetero) is 1. The van der Waals surface area contributed by atoms with Crippen molar-refractivity contribution in [3.8, 4) is 22.5 Å². The number of para-hydroxylation sites is 1. The van der Waals surface area contributed by atoms with Crippen LogP contribution in [0.3, 0.4) is 0 Å². The quantitative estimate of drug-likeness (QED) is 0.0207. The number of carbonyl (C=O) groups is 11. The third kappa shape index (κ3) is 28.8. The zero-order valence-electron chi connectivity index (χ0n) is 77.0. The van der Waals surface area contributed by atoms with Crippen LogP contribution in [0.2, 0.25) is 0 Å². The number of nitrogens with one attached hydrogen (secondary N) is 7. The second kappa shape index (κ2) is 51.2. The molecule has 5 fully saturated rings. The molecule has 4 aliphatic carbocycles. The highest BCUT2D eigenvalue weighted by molar-refractivity contribution is 7.85. The number of primary amides is 1. The third-order valence-corrected chi connectivity index (χ3v) is 26.2. The predicted molar refractivity (Wildman–Crippen MR) is 485 cm³/mol. The zero-order valence-corrected chi connectivity index (χ0v) is 77.9. The Bertz CT molecular complexity index is 4830. The highest BCUT2D eigenvalue weighted by Crippen LogP contribution is 2.70. The molecular formula is C93H131N13O27S. The topological polar surface area (TPSA) is 521 Å². The number of benzene rings is 3. The van der Waals surface area contributed by atoms with Crippen LogP contribution in [0.15, 0.2) is 96.6 Å². The number of carbonyl (C=O) groups excluding carboxylic acids is 11. The van der Waals surface area contributed by atoms with Gasteiger partial charge in [-0.15, -0.1) is 5.10 Å². The van der Waals surface area contributed by atoms with Crippen LogP contribution < -0.4 is 47.9 Å². The van der Waals surface area contributed by atoms with Gasteiger partial charge >= 0.3 is 12.1 Å². The van der Waals surface area contributed by atoms with E-state index in [4.69, 9.17) is 67.1 Å². The number of allylic oxidation sites excluding steroid dienone is 4. The third-order valence-electron chi connectivity index (χ3n) is 25.5. The molecule has 2 unspecified atom stereocenters. The van der Waals surface area contributed by atoms with Gasteiger partial charge in [0.05, 0.1) is 148 Å². The summed E-state index contributed by atoms with van der Waals surface area (Å²) in [6.07, 6.45) is 7.14. The van der Waals surface area contributed by atoms with Crippen molar-refractivity contribution in [1.82, 2.24) is 51.8 Å². The first-order valence-electron chi connectivity index (χ1n) is 46.3. The van der Waals surface area contributed by atoms with Crippen LogP contribution in [0, 0.1) is 34.5 Å². The summed E-state index contributed by atoms with van der Waals surface area (Å²) in [6.45, 7) is 13.7.